The summed E-state index contributed by atoms with van der Waals surface area (Å²) < 4.78 is 97.6. The Bertz CT molecular complexity index is 2570. The van der Waals surface area contributed by atoms with Crippen molar-refractivity contribution in [2.75, 3.05) is 49.6 Å². The molecule has 0 bridgehead atoms. The zero-order valence-corrected chi connectivity index (χ0v) is 38.5. The van der Waals surface area contributed by atoms with Crippen LogP contribution in [0.4, 0.5) is 5.82 Å². The maximum absolute atomic E-state index is 13.5. The van der Waals surface area contributed by atoms with E-state index in [1.54, 1.807) is 24.3 Å². The summed E-state index contributed by atoms with van der Waals surface area (Å²) in [6, 6.07) is 8.27. The molecule has 4 amide bonds. The van der Waals surface area contributed by atoms with E-state index in [2.05, 4.69) is 32.1 Å². The third-order valence-corrected chi connectivity index (χ3v) is 13.2. The van der Waals surface area contributed by atoms with Crippen molar-refractivity contribution >= 4 is 65.7 Å². The Hall–Kier alpha value is -5.77. The molecule has 23 nitrogen and oxygen atoms in total. The molecule has 26 heteroatoms. The summed E-state index contributed by atoms with van der Waals surface area (Å²) >= 11 is 0. The Labute approximate surface area is 382 Å². The number of sulfonamides is 1. The minimum absolute atomic E-state index is 0.0121. The van der Waals surface area contributed by atoms with Crippen LogP contribution in [0.15, 0.2) is 53.4 Å². The number of pyridine rings is 1. The number of anilines is 1. The Kier molecular flexibility index (Phi) is 18.9. The molecule has 2 unspecified atom stereocenters. The van der Waals surface area contributed by atoms with Gasteiger partial charge in [0.15, 0.2) is 0 Å². The van der Waals surface area contributed by atoms with Crippen LogP contribution in [-0.2, 0) is 68.7 Å². The number of ether oxygens (including phenoxy) is 1. The first-order valence-electron chi connectivity index (χ1n) is 20.5. The van der Waals surface area contributed by atoms with Crippen molar-refractivity contribution in [3.63, 3.8) is 0 Å². The number of fused-ring (bicyclic) bond motifs is 1. The van der Waals surface area contributed by atoms with Crippen molar-refractivity contribution in [1.29, 1.82) is 0 Å². The number of carbonyl (C=O) groups excluding carboxylic acids is 4. The maximum Gasteiger partial charge on any atom is 0.323 e. The van der Waals surface area contributed by atoms with Crippen LogP contribution in [0.25, 0.3) is 0 Å². The lowest BCUT2D eigenvalue weighted by atomic mass is 10.0. The predicted octanol–water partition coefficient (Wildman–Crippen LogP) is -1.02. The van der Waals surface area contributed by atoms with E-state index in [4.69, 9.17) is 24.6 Å². The van der Waals surface area contributed by atoms with Crippen molar-refractivity contribution in [3.8, 4) is 5.75 Å². The second kappa shape index (κ2) is 23.6. The molecule has 0 spiro atoms. The van der Waals surface area contributed by atoms with Gasteiger partial charge in [0.1, 0.15) is 35.4 Å². The van der Waals surface area contributed by atoms with Crippen LogP contribution in [0.3, 0.4) is 0 Å². The zero-order chi connectivity index (χ0) is 48.8. The van der Waals surface area contributed by atoms with E-state index in [1.165, 1.54) is 31.5 Å². The lowest BCUT2D eigenvalue weighted by molar-refractivity contribution is -0.138. The number of nitrogens with one attached hydrogen (secondary N) is 6. The molecule has 66 heavy (non-hydrogen) atoms. The lowest BCUT2D eigenvalue weighted by Crippen LogP contribution is -2.56. The Morgan fingerprint density at radius 1 is 0.833 bits per heavy atom. The number of carboxylic acids is 1. The van der Waals surface area contributed by atoms with Crippen molar-refractivity contribution in [2.45, 2.75) is 75.4 Å². The molecule has 4 rings (SSSR count). The predicted molar refractivity (Wildman–Crippen MR) is 238 cm³/mol. The van der Waals surface area contributed by atoms with Gasteiger partial charge in [0.05, 0.1) is 17.3 Å². The highest BCUT2D eigenvalue weighted by Crippen LogP contribution is 2.26. The summed E-state index contributed by atoms with van der Waals surface area (Å²) in [5.41, 5.74) is 9.19. The number of aryl methyl sites for hydroxylation is 5. The van der Waals surface area contributed by atoms with Crippen LogP contribution in [0.5, 0.6) is 5.75 Å². The standard InChI is InChI=1S/C40H54N8O15S3/c1-24-19-30(63-18-4-6-34(49)42-16-17-44-39(52)33(23-65(58,59)60)47-38(51)31(41)22-64(55,56)57)20-25(2)35(24)66(61,62)48-32(40(53)54)21-45-37(50)28-10-7-26(8-11-28)9-13-29-14-12-27-5-3-15-43-36(27)46-29/h7-8,10-12,14,19-20,31-33,48H,3-6,9,13,15-18,21-23,41H2,1-2H3,(H,42,49)(H,43,46)(H,44,52)(H,45,50)(H,47,51)(H,53,54)(H,55,56,57)(H,58,59,60)/t31-,32?,33?/m0/s1. The fraction of sp³-hybridized carbons (Fsp3) is 0.450. The van der Waals surface area contributed by atoms with E-state index in [0.29, 0.717) is 12.8 Å². The van der Waals surface area contributed by atoms with E-state index in [1.807, 2.05) is 11.4 Å². The number of rotatable bonds is 25. The SMILES string of the molecule is Cc1cc(OCCCC(=O)NCCNC(=O)C(CS(=O)(=O)O)NC(=O)[C@@H](N)CS(=O)(=O)O)cc(C)c1S(=O)(=O)NC(CNC(=O)c1ccc(CCc2ccc3c(n2)NCCC3)cc1)C(=O)O. The number of carbonyl (C=O) groups is 5. The molecule has 0 fully saturated rings. The highest BCUT2D eigenvalue weighted by molar-refractivity contribution is 7.89. The summed E-state index contributed by atoms with van der Waals surface area (Å²) in [6.45, 7) is 2.91. The average Bonchev–Trinajstić information content (AvgIpc) is 3.22. The van der Waals surface area contributed by atoms with Gasteiger partial charge in [-0.1, -0.05) is 18.2 Å². The van der Waals surface area contributed by atoms with Crippen molar-refractivity contribution in [3.05, 3.63) is 82.0 Å². The van der Waals surface area contributed by atoms with Crippen LogP contribution in [0, 0.1) is 13.8 Å². The molecule has 0 radical (unpaired) electrons. The molecule has 11 N–H and O–H groups in total. The summed E-state index contributed by atoms with van der Waals surface area (Å²) in [4.78, 5) is 66.6. The smallest absolute Gasteiger partial charge is 0.323 e. The third-order valence-electron chi connectivity index (χ3n) is 9.90. The van der Waals surface area contributed by atoms with Crippen molar-refractivity contribution in [2.24, 2.45) is 5.73 Å². The molecule has 0 saturated carbocycles. The van der Waals surface area contributed by atoms with Gasteiger partial charge in [-0.25, -0.2) is 13.4 Å². The van der Waals surface area contributed by atoms with Gasteiger partial charge in [0.25, 0.3) is 26.1 Å². The summed E-state index contributed by atoms with van der Waals surface area (Å²) in [6.07, 6.45) is 3.58. The van der Waals surface area contributed by atoms with Gasteiger partial charge in [-0.05, 0) is 98.5 Å². The van der Waals surface area contributed by atoms with Gasteiger partial charge >= 0.3 is 5.97 Å². The highest BCUT2D eigenvalue weighted by Gasteiger charge is 2.31. The first-order valence-corrected chi connectivity index (χ1v) is 25.2. The van der Waals surface area contributed by atoms with Crippen LogP contribution >= 0.6 is 0 Å². The van der Waals surface area contributed by atoms with E-state index in [-0.39, 0.29) is 59.9 Å². The molecule has 0 aliphatic carbocycles. The Morgan fingerprint density at radius 3 is 2.12 bits per heavy atom. The van der Waals surface area contributed by atoms with E-state index >= 15 is 0 Å². The van der Waals surface area contributed by atoms with Crippen LogP contribution < -0.4 is 41.8 Å². The number of aromatic nitrogens is 1. The largest absolute Gasteiger partial charge is 0.494 e. The van der Waals surface area contributed by atoms with Gasteiger partial charge in [0, 0.05) is 43.9 Å². The summed E-state index contributed by atoms with van der Waals surface area (Å²) in [7, 11) is -13.9. The minimum Gasteiger partial charge on any atom is -0.494 e. The molecule has 1 aliphatic heterocycles. The Morgan fingerprint density at radius 2 is 1.48 bits per heavy atom. The molecular formula is C40H54N8O15S3. The number of nitrogens with zero attached hydrogens (tertiary/aromatic N) is 1. The fourth-order valence-electron chi connectivity index (χ4n) is 6.74. The molecule has 2 aromatic carbocycles. The number of hydrogen-bond donors (Lipinski definition) is 10. The van der Waals surface area contributed by atoms with Crippen molar-refractivity contribution in [1.82, 2.24) is 31.0 Å². The highest BCUT2D eigenvalue weighted by atomic mass is 32.2. The topological polar surface area (TPSA) is 369 Å². The monoisotopic (exact) mass is 982 g/mol. The second-order valence-electron chi connectivity index (χ2n) is 15.4. The van der Waals surface area contributed by atoms with Gasteiger partial charge in [0.2, 0.25) is 27.7 Å². The second-order valence-corrected chi connectivity index (χ2v) is 20.0. The number of benzene rings is 2. The maximum atomic E-state index is 13.5. The number of amides is 4. The summed E-state index contributed by atoms with van der Waals surface area (Å²) in [5, 5.41) is 22.3. The van der Waals surface area contributed by atoms with Crippen LogP contribution in [0.1, 0.15) is 57.6 Å². The molecule has 1 aliphatic rings. The molecule has 3 aromatic rings. The number of aliphatic carboxylic acids is 1. The number of nitrogens with two attached hydrogens (primary N) is 1. The van der Waals surface area contributed by atoms with Crippen LogP contribution in [0.2, 0.25) is 0 Å². The van der Waals surface area contributed by atoms with E-state index in [0.717, 1.165) is 36.5 Å². The van der Waals surface area contributed by atoms with Gasteiger partial charge in [-0.2, -0.15) is 21.6 Å². The summed E-state index contributed by atoms with van der Waals surface area (Å²) in [5.74, 6) is -6.34. The zero-order valence-electron chi connectivity index (χ0n) is 36.0. The minimum atomic E-state index is -4.82. The van der Waals surface area contributed by atoms with E-state index in [9.17, 15) is 54.3 Å². The van der Waals surface area contributed by atoms with Gasteiger partial charge in [-0.3, -0.25) is 33.1 Å². The average molecular weight is 983 g/mol. The first kappa shape index (κ1) is 52.9. The molecule has 2 heterocycles. The first-order chi connectivity index (χ1) is 30.9. The number of hydrogen-bond acceptors (Lipinski definition) is 15. The number of carboxylic acid groups (broad SMARTS) is 1. The van der Waals surface area contributed by atoms with Crippen LogP contribution in [-0.4, -0.2) is 136 Å². The molecule has 362 valence electrons. The van der Waals surface area contributed by atoms with Crippen molar-refractivity contribution < 1.29 is 68.2 Å². The third kappa shape index (κ3) is 17.2. The van der Waals surface area contributed by atoms with Gasteiger partial charge in [-0.15, -0.1) is 0 Å². The lowest BCUT2D eigenvalue weighted by Gasteiger charge is -2.19. The molecule has 0 saturated heterocycles. The Balaban J connectivity index is 1.20. The quantitative estimate of drug-likeness (QED) is 0.0359. The van der Waals surface area contributed by atoms with Gasteiger partial charge < -0.3 is 42.2 Å². The normalized spacial score (nSPS) is 14.1. The fourth-order valence-corrected chi connectivity index (χ4v) is 9.64. The molecule has 3 atom stereocenters. The van der Waals surface area contributed by atoms with E-state index < -0.39 is 96.0 Å². The molecule has 1 aromatic heterocycles. The molecular weight excluding hydrogens is 929 g/mol.